The molecule has 106 valence electrons. The summed E-state index contributed by atoms with van der Waals surface area (Å²) in [5.74, 6) is -2.12. The van der Waals surface area contributed by atoms with Gasteiger partial charge in [0, 0.05) is 23.7 Å². The normalized spacial score (nSPS) is 10.5. The van der Waals surface area contributed by atoms with Crippen molar-refractivity contribution in [3.8, 4) is 0 Å². The average molecular weight is 297 g/mol. The van der Waals surface area contributed by atoms with Crippen LogP contribution < -0.4 is 5.73 Å². The van der Waals surface area contributed by atoms with Crippen LogP contribution in [0.15, 0.2) is 24.3 Å². The molecule has 0 aliphatic heterocycles. The molecule has 2 amide bonds. The quantitative estimate of drug-likeness (QED) is 0.791. The molecule has 20 heavy (non-hydrogen) atoms. The van der Waals surface area contributed by atoms with E-state index < -0.39 is 17.8 Å². The first-order valence-electron chi connectivity index (χ1n) is 5.55. The van der Waals surface area contributed by atoms with Crippen molar-refractivity contribution >= 4 is 35.5 Å². The summed E-state index contributed by atoms with van der Waals surface area (Å²) in [5, 5.41) is 8.77. The summed E-state index contributed by atoms with van der Waals surface area (Å²) in [7, 11) is 1.44. The maximum absolute atomic E-state index is 12.0. The predicted octanol–water partition coefficient (Wildman–Crippen LogP) is 0.995. The first-order valence-corrected chi connectivity index (χ1v) is 5.93. The lowest BCUT2D eigenvalue weighted by atomic mass is 10.1. The van der Waals surface area contributed by atoms with E-state index in [1.54, 1.807) is 0 Å². The van der Waals surface area contributed by atoms with Crippen molar-refractivity contribution < 1.29 is 19.5 Å². The Bertz CT molecular complexity index is 584. The molecule has 0 aliphatic rings. The van der Waals surface area contributed by atoms with Gasteiger partial charge in [0.25, 0.3) is 5.91 Å². The van der Waals surface area contributed by atoms with Crippen molar-refractivity contribution in [2.45, 2.75) is 0 Å². The molecule has 0 radical (unpaired) electrons. The van der Waals surface area contributed by atoms with Crippen molar-refractivity contribution in [2.24, 2.45) is 5.73 Å². The van der Waals surface area contributed by atoms with Crippen LogP contribution in [0.25, 0.3) is 6.08 Å². The van der Waals surface area contributed by atoms with Crippen LogP contribution in [0.1, 0.15) is 15.9 Å². The van der Waals surface area contributed by atoms with E-state index in [9.17, 15) is 14.4 Å². The van der Waals surface area contributed by atoms with Crippen molar-refractivity contribution in [2.75, 3.05) is 13.6 Å². The van der Waals surface area contributed by atoms with Gasteiger partial charge in [-0.25, -0.2) is 4.79 Å². The molecule has 1 aromatic carbocycles. The number of rotatable bonds is 5. The maximum atomic E-state index is 12.0. The Balaban J connectivity index is 2.94. The van der Waals surface area contributed by atoms with Crippen LogP contribution in [0.2, 0.25) is 5.02 Å². The fourth-order valence-corrected chi connectivity index (χ4v) is 1.73. The molecule has 0 aromatic heterocycles. The number of benzene rings is 1. The summed E-state index contributed by atoms with van der Waals surface area (Å²) in [5.41, 5.74) is 5.77. The van der Waals surface area contributed by atoms with Crippen molar-refractivity contribution in [3.63, 3.8) is 0 Å². The lowest BCUT2D eigenvalue weighted by Crippen LogP contribution is -2.35. The van der Waals surface area contributed by atoms with E-state index in [1.165, 1.54) is 36.2 Å². The number of nitrogens with zero attached hydrogens (tertiary/aromatic N) is 1. The van der Waals surface area contributed by atoms with Gasteiger partial charge in [-0.3, -0.25) is 9.59 Å². The first-order chi connectivity index (χ1) is 9.31. The van der Waals surface area contributed by atoms with Gasteiger partial charge in [0.05, 0.1) is 6.54 Å². The number of carboxylic acid groups (broad SMARTS) is 1. The van der Waals surface area contributed by atoms with Gasteiger partial charge in [0.1, 0.15) is 0 Å². The van der Waals surface area contributed by atoms with Crippen LogP contribution in [0, 0.1) is 0 Å². The molecule has 0 saturated heterocycles. The van der Waals surface area contributed by atoms with E-state index in [0.717, 1.165) is 6.08 Å². The number of carbonyl (C=O) groups is 3. The molecule has 0 fully saturated rings. The third-order valence-corrected chi connectivity index (χ3v) is 2.72. The number of nitrogens with two attached hydrogens (primary N) is 1. The molecule has 0 aliphatic carbocycles. The standard InChI is InChI=1S/C13H13ClN2O4/c1-16(7-11(15)17)13(20)9-3-2-8(10(14)6-9)4-5-12(18)19/h2-6H,7H2,1H3,(H2,15,17)(H,18,19)/b5-4+. The molecule has 0 spiro atoms. The monoisotopic (exact) mass is 296 g/mol. The second kappa shape index (κ2) is 6.72. The molecule has 0 heterocycles. The summed E-state index contributed by atoms with van der Waals surface area (Å²) in [6, 6.07) is 4.42. The second-order valence-electron chi connectivity index (χ2n) is 4.04. The van der Waals surface area contributed by atoms with Crippen LogP contribution in [0.3, 0.4) is 0 Å². The van der Waals surface area contributed by atoms with Crippen LogP contribution in [0.5, 0.6) is 0 Å². The summed E-state index contributed by atoms with van der Waals surface area (Å²) < 4.78 is 0. The van der Waals surface area contributed by atoms with Gasteiger partial charge in [0.2, 0.25) is 5.91 Å². The lowest BCUT2D eigenvalue weighted by Gasteiger charge is -2.15. The Hall–Kier alpha value is -2.34. The zero-order chi connectivity index (χ0) is 15.3. The highest BCUT2D eigenvalue weighted by atomic mass is 35.5. The Morgan fingerprint density at radius 2 is 2.05 bits per heavy atom. The van der Waals surface area contributed by atoms with Crippen molar-refractivity contribution in [1.29, 1.82) is 0 Å². The fourth-order valence-electron chi connectivity index (χ4n) is 1.48. The molecule has 7 heteroatoms. The summed E-state index contributed by atoms with van der Waals surface area (Å²) in [6.45, 7) is -0.197. The smallest absolute Gasteiger partial charge is 0.328 e. The third-order valence-electron chi connectivity index (χ3n) is 2.39. The van der Waals surface area contributed by atoms with Crippen molar-refractivity contribution in [1.82, 2.24) is 4.90 Å². The lowest BCUT2D eigenvalue weighted by molar-refractivity contribution is -0.131. The number of likely N-dealkylation sites (N-methyl/N-ethyl adjacent to an activating group) is 1. The SMILES string of the molecule is CN(CC(N)=O)C(=O)c1ccc(/C=C/C(=O)O)c(Cl)c1. The fraction of sp³-hybridized carbons (Fsp3) is 0.154. The topological polar surface area (TPSA) is 101 Å². The number of hydrogen-bond acceptors (Lipinski definition) is 3. The Kier molecular flexibility index (Phi) is 5.28. The van der Waals surface area contributed by atoms with Gasteiger partial charge in [-0.15, -0.1) is 0 Å². The zero-order valence-electron chi connectivity index (χ0n) is 10.7. The number of hydrogen-bond donors (Lipinski definition) is 2. The summed E-state index contributed by atoms with van der Waals surface area (Å²) >= 11 is 5.96. The first kappa shape index (κ1) is 15.7. The van der Waals surface area contributed by atoms with Gasteiger partial charge in [-0.05, 0) is 23.8 Å². The number of aliphatic carboxylic acids is 1. The number of carboxylic acids is 1. The number of amides is 2. The minimum atomic E-state index is -1.09. The molecular weight excluding hydrogens is 284 g/mol. The Morgan fingerprint density at radius 3 is 2.55 bits per heavy atom. The van der Waals surface area contributed by atoms with Crippen LogP contribution in [0.4, 0.5) is 0 Å². The largest absolute Gasteiger partial charge is 0.478 e. The summed E-state index contributed by atoms with van der Waals surface area (Å²) in [6.07, 6.45) is 2.27. The van der Waals surface area contributed by atoms with Crippen molar-refractivity contribution in [3.05, 3.63) is 40.4 Å². The van der Waals surface area contributed by atoms with E-state index in [2.05, 4.69) is 0 Å². The Morgan fingerprint density at radius 1 is 1.40 bits per heavy atom. The zero-order valence-corrected chi connectivity index (χ0v) is 11.4. The van der Waals surface area contributed by atoms with Gasteiger partial charge in [-0.2, -0.15) is 0 Å². The van der Waals surface area contributed by atoms with Crippen LogP contribution in [-0.4, -0.2) is 41.4 Å². The summed E-state index contributed by atoms with van der Waals surface area (Å²) in [4.78, 5) is 34.3. The van der Waals surface area contributed by atoms with E-state index >= 15 is 0 Å². The van der Waals surface area contributed by atoms with Gasteiger partial charge in [0.15, 0.2) is 0 Å². The molecule has 0 atom stereocenters. The molecule has 0 bridgehead atoms. The van der Waals surface area contributed by atoms with Crippen LogP contribution >= 0.6 is 11.6 Å². The molecule has 1 rings (SSSR count). The molecular formula is C13H13ClN2O4. The van der Waals surface area contributed by atoms with E-state index in [-0.39, 0.29) is 17.1 Å². The predicted molar refractivity (Wildman–Crippen MR) is 74.3 cm³/mol. The molecule has 0 saturated carbocycles. The average Bonchev–Trinajstić information content (AvgIpc) is 2.35. The number of halogens is 1. The number of primary amides is 1. The highest BCUT2D eigenvalue weighted by molar-refractivity contribution is 6.32. The van der Waals surface area contributed by atoms with E-state index in [1.807, 2.05) is 0 Å². The third kappa shape index (κ3) is 4.40. The minimum absolute atomic E-state index is 0.197. The minimum Gasteiger partial charge on any atom is -0.478 e. The van der Waals surface area contributed by atoms with E-state index in [0.29, 0.717) is 5.56 Å². The van der Waals surface area contributed by atoms with E-state index in [4.69, 9.17) is 22.4 Å². The molecule has 3 N–H and O–H groups in total. The highest BCUT2D eigenvalue weighted by Gasteiger charge is 2.14. The van der Waals surface area contributed by atoms with Gasteiger partial charge < -0.3 is 15.7 Å². The highest BCUT2D eigenvalue weighted by Crippen LogP contribution is 2.20. The maximum Gasteiger partial charge on any atom is 0.328 e. The number of carbonyl (C=O) groups excluding carboxylic acids is 2. The van der Waals surface area contributed by atoms with Gasteiger partial charge in [-0.1, -0.05) is 17.7 Å². The molecule has 6 nitrogen and oxygen atoms in total. The Labute approximate surface area is 120 Å². The van der Waals surface area contributed by atoms with Crippen LogP contribution in [-0.2, 0) is 9.59 Å². The molecule has 1 aromatic rings. The molecule has 0 unspecified atom stereocenters. The second-order valence-corrected chi connectivity index (χ2v) is 4.44. The van der Waals surface area contributed by atoms with Gasteiger partial charge >= 0.3 is 5.97 Å².